The second-order valence-electron chi connectivity index (χ2n) is 8.79. The van der Waals surface area contributed by atoms with Gasteiger partial charge in [-0.2, -0.15) is 0 Å². The highest BCUT2D eigenvalue weighted by molar-refractivity contribution is 8.32. The third kappa shape index (κ3) is 5.59. The first-order chi connectivity index (χ1) is 15.7. The number of hydrogen-bond donors (Lipinski definition) is 2. The lowest BCUT2D eigenvalue weighted by Crippen LogP contribution is -2.30. The first kappa shape index (κ1) is 23.4. The van der Waals surface area contributed by atoms with Crippen molar-refractivity contribution in [2.24, 2.45) is 0 Å². The molecule has 0 spiro atoms. The molecule has 10 heteroatoms. The number of imidazole rings is 1. The van der Waals surface area contributed by atoms with Crippen LogP contribution in [0.4, 0.5) is 0 Å². The average molecular weight is 465 g/mol. The predicted octanol–water partition coefficient (Wildman–Crippen LogP) is 2.21. The van der Waals surface area contributed by atoms with Crippen LogP contribution in [0, 0.1) is 6.92 Å². The molecule has 0 aliphatic rings. The van der Waals surface area contributed by atoms with Crippen molar-refractivity contribution < 1.29 is 14.8 Å². The Labute approximate surface area is 195 Å². The van der Waals surface area contributed by atoms with Crippen LogP contribution in [0.25, 0.3) is 33.8 Å². The van der Waals surface area contributed by atoms with Crippen LogP contribution in [0.1, 0.15) is 5.69 Å². The number of fused-ring (bicyclic) bond motifs is 1. The van der Waals surface area contributed by atoms with Crippen LogP contribution in [-0.2, 0) is 11.5 Å². The first-order valence-corrected chi connectivity index (χ1v) is 13.6. The summed E-state index contributed by atoms with van der Waals surface area (Å²) in [5.41, 5.74) is 5.33. The van der Waals surface area contributed by atoms with Crippen LogP contribution in [0.2, 0.25) is 0 Å². The Balaban J connectivity index is 1.74. The van der Waals surface area contributed by atoms with E-state index in [-0.39, 0.29) is 5.46 Å². The summed E-state index contributed by atoms with van der Waals surface area (Å²) in [6.45, 7) is 3.00. The van der Waals surface area contributed by atoms with Gasteiger partial charge in [0.25, 0.3) is 0 Å². The lowest BCUT2D eigenvalue weighted by atomic mass is 9.81. The topological polar surface area (TPSA) is 106 Å². The summed E-state index contributed by atoms with van der Waals surface area (Å²) in [4.78, 5) is 18.3. The second-order valence-corrected chi connectivity index (χ2v) is 13.4. The molecular weight excluding hydrogens is 437 g/mol. The van der Waals surface area contributed by atoms with Gasteiger partial charge >= 0.3 is 7.12 Å². The van der Waals surface area contributed by atoms with E-state index >= 15 is 0 Å². The molecular formula is C23H28BN5O3S. The molecule has 0 aromatic carbocycles. The minimum atomic E-state index is -1.61. The molecule has 4 heterocycles. The fourth-order valence-corrected chi connectivity index (χ4v) is 4.00. The van der Waals surface area contributed by atoms with Crippen LogP contribution in [0.5, 0.6) is 0 Å². The zero-order chi connectivity index (χ0) is 23.6. The maximum atomic E-state index is 9.50. The average Bonchev–Trinajstić information content (AvgIpc) is 3.19. The van der Waals surface area contributed by atoms with E-state index in [0.29, 0.717) is 35.8 Å². The zero-order valence-corrected chi connectivity index (χ0v) is 20.1. The molecule has 2 N–H and O–H groups in total. The lowest BCUT2D eigenvalue weighted by molar-refractivity contribution is 0.0906. The van der Waals surface area contributed by atoms with Crippen molar-refractivity contribution in [3.8, 4) is 22.8 Å². The summed E-state index contributed by atoms with van der Waals surface area (Å²) in [5, 5.41) is 19.0. The van der Waals surface area contributed by atoms with Crippen molar-refractivity contribution in [2.45, 2.75) is 13.7 Å². The highest BCUT2D eigenvalue weighted by atomic mass is 32.3. The second kappa shape index (κ2) is 9.60. The van der Waals surface area contributed by atoms with Crippen molar-refractivity contribution in [2.75, 3.05) is 31.1 Å². The molecule has 0 fully saturated rings. The van der Waals surface area contributed by atoms with E-state index in [9.17, 15) is 10.0 Å². The van der Waals surface area contributed by atoms with Gasteiger partial charge in [-0.15, -0.1) is 0 Å². The molecule has 172 valence electrons. The van der Waals surface area contributed by atoms with E-state index < -0.39 is 17.1 Å². The van der Waals surface area contributed by atoms with Gasteiger partial charge in [0.1, 0.15) is 12.4 Å². The zero-order valence-electron chi connectivity index (χ0n) is 19.3. The molecule has 8 nitrogen and oxygen atoms in total. The van der Waals surface area contributed by atoms with E-state index in [1.165, 1.54) is 6.20 Å². The van der Waals surface area contributed by atoms with Crippen LogP contribution in [0.15, 0.2) is 48.9 Å². The van der Waals surface area contributed by atoms with Gasteiger partial charge in [0.15, 0.2) is 0 Å². The Kier molecular flexibility index (Phi) is 6.80. The number of nitrogens with zero attached hydrogens (tertiary/aromatic N) is 5. The van der Waals surface area contributed by atoms with E-state index in [4.69, 9.17) is 14.7 Å². The summed E-state index contributed by atoms with van der Waals surface area (Å²) in [7, 11) is -2.23. The standard InChI is InChI=1S/C23H28BN5O3S/c1-16-6-5-7-20(27-16)23-22(26-14-29(23)15-32-10-11-33(2,3)4)19-9-8-18-21(28-19)12-17(13-25-18)24(30)31/h5-9,12-14,30-31H,10-11,15H2,1-4H3. The fraction of sp³-hybridized carbons (Fsp3) is 0.304. The Bertz CT molecular complexity index is 1270. The quantitative estimate of drug-likeness (QED) is 0.304. The smallest absolute Gasteiger partial charge is 0.423 e. The van der Waals surface area contributed by atoms with Gasteiger partial charge in [0.2, 0.25) is 0 Å². The minimum Gasteiger partial charge on any atom is -0.423 e. The number of aromatic nitrogens is 5. The molecule has 33 heavy (non-hydrogen) atoms. The predicted molar refractivity (Wildman–Crippen MR) is 135 cm³/mol. The lowest BCUT2D eigenvalue weighted by Gasteiger charge is -2.24. The maximum absolute atomic E-state index is 9.50. The Morgan fingerprint density at radius 2 is 1.82 bits per heavy atom. The highest BCUT2D eigenvalue weighted by Gasteiger charge is 2.19. The van der Waals surface area contributed by atoms with Crippen LogP contribution < -0.4 is 5.46 Å². The molecule has 0 bridgehead atoms. The van der Waals surface area contributed by atoms with Crippen LogP contribution in [0.3, 0.4) is 0 Å². The van der Waals surface area contributed by atoms with Gasteiger partial charge in [-0.3, -0.25) is 9.97 Å². The maximum Gasteiger partial charge on any atom is 0.490 e. The third-order valence-electron chi connectivity index (χ3n) is 5.14. The molecule has 0 atom stereocenters. The van der Waals surface area contributed by atoms with Crippen molar-refractivity contribution in [3.05, 3.63) is 54.6 Å². The van der Waals surface area contributed by atoms with Crippen LogP contribution in [-0.4, -0.2) is 72.8 Å². The SMILES string of the molecule is Cc1cccc(-c2c(-c3ccc4ncc(B(O)O)cc4n3)ncn2COCCS(C)(C)C)n1. The van der Waals surface area contributed by atoms with Crippen molar-refractivity contribution in [1.29, 1.82) is 0 Å². The van der Waals surface area contributed by atoms with Crippen LogP contribution >= 0.6 is 10.0 Å². The fourth-order valence-electron chi connectivity index (χ4n) is 3.38. The van der Waals surface area contributed by atoms with Crippen molar-refractivity contribution >= 4 is 33.6 Å². The summed E-state index contributed by atoms with van der Waals surface area (Å²) in [6, 6.07) is 11.2. The molecule has 4 rings (SSSR count). The summed E-state index contributed by atoms with van der Waals surface area (Å²) in [6.07, 6.45) is 10.00. The number of hydrogen-bond acceptors (Lipinski definition) is 7. The number of rotatable bonds is 8. The normalized spacial score (nSPS) is 12.3. The number of aryl methyl sites for hydroxylation is 1. The molecule has 0 radical (unpaired) electrons. The molecule has 0 aliphatic carbocycles. The molecule has 0 saturated carbocycles. The van der Waals surface area contributed by atoms with E-state index in [2.05, 4.69) is 28.7 Å². The molecule has 0 amide bonds. The van der Waals surface area contributed by atoms with Gasteiger partial charge in [-0.1, -0.05) is 6.07 Å². The van der Waals surface area contributed by atoms with Gasteiger partial charge in [-0.25, -0.2) is 20.0 Å². The monoisotopic (exact) mass is 465 g/mol. The number of pyridine rings is 3. The number of ether oxygens (including phenoxy) is 1. The summed E-state index contributed by atoms with van der Waals surface area (Å²) >= 11 is 0. The Morgan fingerprint density at radius 1 is 1.00 bits per heavy atom. The van der Waals surface area contributed by atoms with Crippen molar-refractivity contribution in [1.82, 2.24) is 24.5 Å². The van der Waals surface area contributed by atoms with Gasteiger partial charge < -0.3 is 19.4 Å². The van der Waals surface area contributed by atoms with E-state index in [1.54, 1.807) is 12.4 Å². The molecule has 0 aliphatic heterocycles. The Morgan fingerprint density at radius 3 is 2.55 bits per heavy atom. The minimum absolute atomic E-state index is 0.285. The Hall–Kier alpha value is -2.79. The molecule has 0 saturated heterocycles. The third-order valence-corrected chi connectivity index (χ3v) is 6.53. The van der Waals surface area contributed by atoms with E-state index in [0.717, 1.165) is 22.8 Å². The molecule has 4 aromatic rings. The first-order valence-electron chi connectivity index (χ1n) is 10.6. The molecule has 4 aromatic heterocycles. The van der Waals surface area contributed by atoms with Crippen molar-refractivity contribution in [3.63, 3.8) is 0 Å². The van der Waals surface area contributed by atoms with Gasteiger partial charge in [0.05, 0.1) is 41.0 Å². The van der Waals surface area contributed by atoms with E-state index in [1.807, 2.05) is 41.8 Å². The summed E-state index contributed by atoms with van der Waals surface area (Å²) in [5.74, 6) is 1.03. The van der Waals surface area contributed by atoms with Gasteiger partial charge in [-0.05, 0) is 56.0 Å². The molecule has 0 unspecified atom stereocenters. The summed E-state index contributed by atoms with van der Waals surface area (Å²) < 4.78 is 7.93. The highest BCUT2D eigenvalue weighted by Crippen LogP contribution is 2.34. The largest absolute Gasteiger partial charge is 0.490 e. The van der Waals surface area contributed by atoms with Gasteiger partial charge in [0, 0.05) is 23.1 Å².